The average Bonchev–Trinajstić information content (AvgIpc) is 3.19. The summed E-state index contributed by atoms with van der Waals surface area (Å²) >= 11 is 0. The maximum absolute atomic E-state index is 12.8. The van der Waals surface area contributed by atoms with Crippen LogP contribution in [0.25, 0.3) is 0 Å². The molecule has 0 aliphatic carbocycles. The summed E-state index contributed by atoms with van der Waals surface area (Å²) in [5.41, 5.74) is 2.88. The molecule has 3 heterocycles. The van der Waals surface area contributed by atoms with Crippen molar-refractivity contribution in [3.8, 4) is 0 Å². The number of carbonyl (C=O) groups is 2. The number of piperidine rings is 1. The molecule has 1 saturated heterocycles. The molecule has 25 heavy (non-hydrogen) atoms. The number of fused-ring (bicyclic) bond motifs is 1. The standard InChI is InChI=1S/C19H22N4O2/c1-13-10-20-23(11-13)14-5-4-8-22(12-14)18(24)9-16-15-6-2-3-7-17(15)21-19(16)25/h2-3,6-7,10-11,14,16H,4-5,8-9,12H2,1H3,(H,21,25)/t14-,16+/m1/s1. The molecule has 1 aromatic carbocycles. The van der Waals surface area contributed by atoms with Crippen LogP contribution in [0.1, 0.15) is 42.3 Å². The molecule has 4 rings (SSSR count). The highest BCUT2D eigenvalue weighted by atomic mass is 16.2. The van der Waals surface area contributed by atoms with Gasteiger partial charge in [0.05, 0.1) is 18.2 Å². The molecule has 2 aliphatic heterocycles. The topological polar surface area (TPSA) is 67.2 Å². The number of nitrogens with zero attached hydrogens (tertiary/aromatic N) is 3. The molecule has 2 aliphatic rings. The van der Waals surface area contributed by atoms with Crippen LogP contribution in [-0.2, 0) is 9.59 Å². The molecule has 2 amide bonds. The molecule has 2 atom stereocenters. The van der Waals surface area contributed by atoms with E-state index in [1.807, 2.05) is 53.2 Å². The Labute approximate surface area is 146 Å². The smallest absolute Gasteiger partial charge is 0.232 e. The molecule has 1 aromatic heterocycles. The number of amides is 2. The SMILES string of the molecule is Cc1cnn([C@@H]2CCCN(C(=O)C[C@@H]3C(=O)Nc4ccccc43)C2)c1. The first-order valence-electron chi connectivity index (χ1n) is 8.80. The van der Waals surface area contributed by atoms with E-state index in [1.54, 1.807) is 0 Å². The van der Waals surface area contributed by atoms with Crippen LogP contribution in [0.3, 0.4) is 0 Å². The highest BCUT2D eigenvalue weighted by Gasteiger charge is 2.34. The molecular formula is C19H22N4O2. The number of hydrogen-bond donors (Lipinski definition) is 1. The fourth-order valence-electron chi connectivity index (χ4n) is 3.81. The summed E-state index contributed by atoms with van der Waals surface area (Å²) in [6.07, 6.45) is 6.09. The number of rotatable bonds is 3. The third kappa shape index (κ3) is 3.04. The van der Waals surface area contributed by atoms with Gasteiger partial charge in [0, 0.05) is 31.4 Å². The highest BCUT2D eigenvalue weighted by Crippen LogP contribution is 2.35. The second-order valence-electron chi connectivity index (χ2n) is 6.97. The average molecular weight is 338 g/mol. The van der Waals surface area contributed by atoms with Gasteiger partial charge in [0.2, 0.25) is 11.8 Å². The van der Waals surface area contributed by atoms with Gasteiger partial charge in [-0.05, 0) is 37.0 Å². The fraction of sp³-hybridized carbons (Fsp3) is 0.421. The number of likely N-dealkylation sites (tertiary alicyclic amines) is 1. The van der Waals surface area contributed by atoms with Crippen LogP contribution < -0.4 is 5.32 Å². The van der Waals surface area contributed by atoms with E-state index < -0.39 is 0 Å². The Hall–Kier alpha value is -2.63. The molecule has 1 N–H and O–H groups in total. The van der Waals surface area contributed by atoms with E-state index in [9.17, 15) is 9.59 Å². The summed E-state index contributed by atoms with van der Waals surface area (Å²) in [7, 11) is 0. The number of aryl methyl sites for hydroxylation is 1. The lowest BCUT2D eigenvalue weighted by molar-refractivity contribution is -0.135. The number of hydrogen-bond acceptors (Lipinski definition) is 3. The minimum atomic E-state index is -0.379. The zero-order valence-electron chi connectivity index (χ0n) is 14.3. The van der Waals surface area contributed by atoms with Gasteiger partial charge in [-0.1, -0.05) is 18.2 Å². The van der Waals surface area contributed by atoms with Gasteiger partial charge in [-0.3, -0.25) is 14.3 Å². The third-order valence-corrected chi connectivity index (χ3v) is 5.14. The van der Waals surface area contributed by atoms with Crippen LogP contribution in [0.4, 0.5) is 5.69 Å². The molecule has 2 aromatic rings. The zero-order chi connectivity index (χ0) is 17.4. The van der Waals surface area contributed by atoms with Crippen molar-refractivity contribution in [2.45, 2.75) is 38.1 Å². The number of nitrogens with one attached hydrogen (secondary N) is 1. The van der Waals surface area contributed by atoms with E-state index in [0.29, 0.717) is 6.54 Å². The van der Waals surface area contributed by atoms with Crippen LogP contribution in [-0.4, -0.2) is 39.6 Å². The van der Waals surface area contributed by atoms with Crippen molar-refractivity contribution in [3.63, 3.8) is 0 Å². The fourth-order valence-corrected chi connectivity index (χ4v) is 3.81. The van der Waals surface area contributed by atoms with E-state index in [1.165, 1.54) is 0 Å². The summed E-state index contributed by atoms with van der Waals surface area (Å²) in [6.45, 7) is 3.44. The van der Waals surface area contributed by atoms with Gasteiger partial charge in [-0.2, -0.15) is 5.10 Å². The van der Waals surface area contributed by atoms with Gasteiger partial charge in [-0.25, -0.2) is 0 Å². The van der Waals surface area contributed by atoms with Gasteiger partial charge >= 0.3 is 0 Å². The van der Waals surface area contributed by atoms with E-state index in [0.717, 1.165) is 36.2 Å². The van der Waals surface area contributed by atoms with Gasteiger partial charge in [0.1, 0.15) is 0 Å². The Bertz CT molecular complexity index is 813. The Balaban J connectivity index is 1.45. The Kier molecular flexibility index (Phi) is 4.03. The number of carbonyl (C=O) groups excluding carboxylic acids is 2. The maximum Gasteiger partial charge on any atom is 0.232 e. The number of para-hydroxylation sites is 1. The number of benzene rings is 1. The first-order chi connectivity index (χ1) is 12.1. The van der Waals surface area contributed by atoms with Gasteiger partial charge in [-0.15, -0.1) is 0 Å². The molecule has 0 radical (unpaired) electrons. The molecule has 0 saturated carbocycles. The minimum absolute atomic E-state index is 0.0467. The van der Waals surface area contributed by atoms with E-state index in [-0.39, 0.29) is 30.2 Å². The van der Waals surface area contributed by atoms with Crippen LogP contribution in [0.5, 0.6) is 0 Å². The normalized spacial score (nSPS) is 22.6. The summed E-state index contributed by atoms with van der Waals surface area (Å²) in [4.78, 5) is 26.9. The first-order valence-corrected chi connectivity index (χ1v) is 8.80. The van der Waals surface area contributed by atoms with Crippen molar-refractivity contribution in [2.24, 2.45) is 0 Å². The highest BCUT2D eigenvalue weighted by molar-refractivity contribution is 6.04. The van der Waals surface area contributed by atoms with Gasteiger partial charge in [0.15, 0.2) is 0 Å². The molecule has 6 nitrogen and oxygen atoms in total. The predicted molar refractivity (Wildman–Crippen MR) is 94.2 cm³/mol. The van der Waals surface area contributed by atoms with Crippen LogP contribution >= 0.6 is 0 Å². The summed E-state index contributed by atoms with van der Waals surface area (Å²) in [5, 5.41) is 7.26. The van der Waals surface area contributed by atoms with Crippen molar-refractivity contribution in [3.05, 3.63) is 47.8 Å². The first kappa shape index (κ1) is 15.9. The van der Waals surface area contributed by atoms with Crippen molar-refractivity contribution in [1.29, 1.82) is 0 Å². The van der Waals surface area contributed by atoms with E-state index >= 15 is 0 Å². The Morgan fingerprint density at radius 3 is 3.00 bits per heavy atom. The molecule has 1 fully saturated rings. The minimum Gasteiger partial charge on any atom is -0.341 e. The molecule has 0 spiro atoms. The molecular weight excluding hydrogens is 316 g/mol. The second-order valence-corrected chi connectivity index (χ2v) is 6.97. The molecule has 130 valence electrons. The van der Waals surface area contributed by atoms with Crippen molar-refractivity contribution in [1.82, 2.24) is 14.7 Å². The lowest BCUT2D eigenvalue weighted by Gasteiger charge is -2.33. The molecule has 0 unspecified atom stereocenters. The summed E-state index contributed by atoms with van der Waals surface area (Å²) < 4.78 is 1.96. The number of anilines is 1. The van der Waals surface area contributed by atoms with E-state index in [4.69, 9.17) is 0 Å². The Morgan fingerprint density at radius 1 is 1.36 bits per heavy atom. The summed E-state index contributed by atoms with van der Waals surface area (Å²) in [5.74, 6) is -0.410. The lowest BCUT2D eigenvalue weighted by atomic mass is 9.96. The summed E-state index contributed by atoms with van der Waals surface area (Å²) in [6, 6.07) is 7.83. The van der Waals surface area contributed by atoms with Crippen molar-refractivity contribution in [2.75, 3.05) is 18.4 Å². The van der Waals surface area contributed by atoms with Gasteiger partial charge in [0.25, 0.3) is 0 Å². The van der Waals surface area contributed by atoms with Crippen molar-refractivity contribution < 1.29 is 9.59 Å². The van der Waals surface area contributed by atoms with Crippen LogP contribution in [0, 0.1) is 6.92 Å². The quantitative estimate of drug-likeness (QED) is 0.935. The predicted octanol–water partition coefficient (Wildman–Crippen LogP) is 2.48. The zero-order valence-corrected chi connectivity index (χ0v) is 14.3. The van der Waals surface area contributed by atoms with Crippen molar-refractivity contribution >= 4 is 17.5 Å². The third-order valence-electron chi connectivity index (χ3n) is 5.14. The lowest BCUT2D eigenvalue weighted by Crippen LogP contribution is -2.41. The second kappa shape index (κ2) is 6.35. The maximum atomic E-state index is 12.8. The molecule has 0 bridgehead atoms. The van der Waals surface area contributed by atoms with Crippen LogP contribution in [0.15, 0.2) is 36.7 Å². The Morgan fingerprint density at radius 2 is 2.20 bits per heavy atom. The molecule has 6 heteroatoms. The largest absolute Gasteiger partial charge is 0.341 e. The van der Waals surface area contributed by atoms with E-state index in [2.05, 4.69) is 10.4 Å². The van der Waals surface area contributed by atoms with Gasteiger partial charge < -0.3 is 10.2 Å². The van der Waals surface area contributed by atoms with Crippen LogP contribution in [0.2, 0.25) is 0 Å². The monoisotopic (exact) mass is 338 g/mol. The number of aromatic nitrogens is 2.